The van der Waals surface area contributed by atoms with Gasteiger partial charge in [-0.15, -0.1) is 0 Å². The summed E-state index contributed by atoms with van der Waals surface area (Å²) < 4.78 is 10.3. The van der Waals surface area contributed by atoms with Gasteiger partial charge in [-0.3, -0.25) is 24.5 Å². The van der Waals surface area contributed by atoms with Crippen LogP contribution >= 0.6 is 0 Å². The maximum absolute atomic E-state index is 12.9. The average Bonchev–Trinajstić information content (AvgIpc) is 2.81. The fourth-order valence-corrected chi connectivity index (χ4v) is 3.84. The summed E-state index contributed by atoms with van der Waals surface area (Å²) in [5.41, 5.74) is -1.81. The van der Waals surface area contributed by atoms with Crippen molar-refractivity contribution in [1.29, 1.82) is 0 Å². The van der Waals surface area contributed by atoms with Gasteiger partial charge >= 0.3 is 11.9 Å². The number of ether oxygens (including phenoxy) is 2. The van der Waals surface area contributed by atoms with Gasteiger partial charge in [-0.05, 0) is 30.6 Å². The highest BCUT2D eigenvalue weighted by Crippen LogP contribution is 2.39. The highest BCUT2D eigenvalue weighted by molar-refractivity contribution is 6.17. The maximum Gasteiger partial charge on any atom is 0.323 e. The predicted molar refractivity (Wildman–Crippen MR) is 88.1 cm³/mol. The first-order chi connectivity index (χ1) is 11.7. The van der Waals surface area contributed by atoms with Crippen molar-refractivity contribution in [2.75, 3.05) is 7.11 Å². The lowest BCUT2D eigenvalue weighted by Gasteiger charge is -2.38. The number of methoxy groups -OCH3 is 1. The average molecular weight is 353 g/mol. The molecule has 0 bridgehead atoms. The summed E-state index contributed by atoms with van der Waals surface area (Å²) in [6, 6.07) is 0. The van der Waals surface area contributed by atoms with E-state index in [-0.39, 0.29) is 18.4 Å². The van der Waals surface area contributed by atoms with Crippen LogP contribution in [0.5, 0.6) is 0 Å². The van der Waals surface area contributed by atoms with E-state index in [0.29, 0.717) is 11.8 Å². The molecule has 2 rings (SSSR count). The molecule has 2 amide bonds. The number of hydrogen-bond acceptors (Lipinski definition) is 6. The van der Waals surface area contributed by atoms with E-state index in [2.05, 4.69) is 30.8 Å². The molecular weight excluding hydrogens is 326 g/mol. The third kappa shape index (κ3) is 4.02. The van der Waals surface area contributed by atoms with Crippen LogP contribution in [0.25, 0.3) is 0 Å². The number of carbonyl (C=O) groups excluding carboxylic acids is 4. The Morgan fingerprint density at radius 3 is 2.48 bits per heavy atom. The van der Waals surface area contributed by atoms with E-state index in [0.717, 1.165) is 19.3 Å². The molecule has 4 unspecified atom stereocenters. The zero-order valence-corrected chi connectivity index (χ0v) is 15.3. The van der Waals surface area contributed by atoms with Crippen LogP contribution in [0.15, 0.2) is 0 Å². The van der Waals surface area contributed by atoms with Crippen LogP contribution in [0.4, 0.5) is 0 Å². The summed E-state index contributed by atoms with van der Waals surface area (Å²) in [5.74, 6) is -1.92. The number of imide groups is 1. The molecule has 0 aromatic carbocycles. The molecule has 140 valence electrons. The molecule has 2 fully saturated rings. The van der Waals surface area contributed by atoms with Gasteiger partial charge < -0.3 is 9.47 Å². The Morgan fingerprint density at radius 2 is 1.96 bits per heavy atom. The van der Waals surface area contributed by atoms with Crippen molar-refractivity contribution in [3.8, 4) is 0 Å². The molecule has 1 saturated heterocycles. The molecule has 0 aromatic heterocycles. The number of nitrogens with one attached hydrogen (secondary N) is 1. The third-order valence-corrected chi connectivity index (χ3v) is 5.43. The van der Waals surface area contributed by atoms with E-state index in [1.165, 1.54) is 7.11 Å². The molecule has 1 aliphatic carbocycles. The molecule has 7 nitrogen and oxygen atoms in total. The lowest BCUT2D eigenvalue weighted by atomic mass is 9.75. The van der Waals surface area contributed by atoms with Crippen LogP contribution < -0.4 is 5.32 Å². The SMILES string of the molecule is COC(=O)CC1(C(=O)OC2CC(C)CCC2C(C)C)CC(=O)NC1=O. The summed E-state index contributed by atoms with van der Waals surface area (Å²) in [4.78, 5) is 48.5. The standard InChI is InChI=1S/C18H27NO6/c1-10(2)12-6-5-11(3)7-13(12)25-17(23)18(9-15(21)24-4)8-14(20)19-16(18)22/h10-13H,5-9H2,1-4H3,(H,19,20,22). The normalized spacial score (nSPS) is 32.4. The van der Waals surface area contributed by atoms with Gasteiger partial charge in [-0.2, -0.15) is 0 Å². The van der Waals surface area contributed by atoms with Gasteiger partial charge in [-0.25, -0.2) is 0 Å². The highest BCUT2D eigenvalue weighted by atomic mass is 16.5. The van der Waals surface area contributed by atoms with Crippen molar-refractivity contribution in [2.45, 2.75) is 59.0 Å². The monoisotopic (exact) mass is 353 g/mol. The number of hydrogen-bond donors (Lipinski definition) is 1. The Labute approximate surface area is 147 Å². The van der Waals surface area contributed by atoms with E-state index in [4.69, 9.17) is 4.74 Å². The molecule has 1 heterocycles. The van der Waals surface area contributed by atoms with Gasteiger partial charge in [0.2, 0.25) is 11.8 Å². The molecule has 2 aliphatic rings. The molecule has 0 spiro atoms. The second kappa shape index (κ2) is 7.54. The zero-order chi connectivity index (χ0) is 18.8. The third-order valence-electron chi connectivity index (χ3n) is 5.43. The highest BCUT2D eigenvalue weighted by Gasteiger charge is 2.56. The van der Waals surface area contributed by atoms with Crippen LogP contribution in [0.2, 0.25) is 0 Å². The van der Waals surface area contributed by atoms with Gasteiger partial charge in [0, 0.05) is 0 Å². The van der Waals surface area contributed by atoms with Gasteiger partial charge in [0.15, 0.2) is 5.41 Å². The van der Waals surface area contributed by atoms with Crippen LogP contribution in [0.3, 0.4) is 0 Å². The van der Waals surface area contributed by atoms with Gasteiger partial charge in [0.05, 0.1) is 20.0 Å². The molecule has 1 aliphatic heterocycles. The minimum Gasteiger partial charge on any atom is -0.469 e. The Kier molecular flexibility index (Phi) is 5.85. The van der Waals surface area contributed by atoms with Gasteiger partial charge in [0.25, 0.3) is 0 Å². The first-order valence-electron chi connectivity index (χ1n) is 8.81. The van der Waals surface area contributed by atoms with Crippen molar-refractivity contribution < 1.29 is 28.7 Å². The molecule has 1 N–H and O–H groups in total. The smallest absolute Gasteiger partial charge is 0.323 e. The largest absolute Gasteiger partial charge is 0.469 e. The van der Waals surface area contributed by atoms with Crippen molar-refractivity contribution in [3.05, 3.63) is 0 Å². The quantitative estimate of drug-likeness (QED) is 0.458. The maximum atomic E-state index is 12.9. The molecule has 7 heteroatoms. The van der Waals surface area contributed by atoms with Crippen LogP contribution in [0.1, 0.15) is 52.9 Å². The predicted octanol–water partition coefficient (Wildman–Crippen LogP) is 1.59. The number of amides is 2. The Bertz CT molecular complexity index is 572. The van der Waals surface area contributed by atoms with Crippen molar-refractivity contribution in [1.82, 2.24) is 5.32 Å². The summed E-state index contributed by atoms with van der Waals surface area (Å²) in [7, 11) is 1.17. The van der Waals surface area contributed by atoms with Crippen molar-refractivity contribution in [3.63, 3.8) is 0 Å². The molecular formula is C18H27NO6. The van der Waals surface area contributed by atoms with E-state index >= 15 is 0 Å². The topological polar surface area (TPSA) is 98.8 Å². The van der Waals surface area contributed by atoms with E-state index in [9.17, 15) is 19.2 Å². The number of esters is 2. The van der Waals surface area contributed by atoms with Gasteiger partial charge in [0.1, 0.15) is 6.10 Å². The van der Waals surface area contributed by atoms with E-state index in [1.54, 1.807) is 0 Å². The minimum atomic E-state index is -1.81. The second-order valence-corrected chi connectivity index (χ2v) is 7.66. The van der Waals surface area contributed by atoms with Crippen LogP contribution in [0, 0.1) is 23.2 Å². The van der Waals surface area contributed by atoms with Gasteiger partial charge in [-0.1, -0.05) is 27.2 Å². The number of rotatable bonds is 5. The van der Waals surface area contributed by atoms with Crippen LogP contribution in [-0.2, 0) is 28.7 Å². The number of carbonyl (C=O) groups is 4. The molecule has 0 radical (unpaired) electrons. The second-order valence-electron chi connectivity index (χ2n) is 7.66. The Morgan fingerprint density at radius 1 is 1.28 bits per heavy atom. The molecule has 25 heavy (non-hydrogen) atoms. The minimum absolute atomic E-state index is 0.204. The Balaban J connectivity index is 2.22. The fraction of sp³-hybridized carbons (Fsp3) is 0.778. The summed E-state index contributed by atoms with van der Waals surface area (Å²) in [5, 5.41) is 2.11. The fourth-order valence-electron chi connectivity index (χ4n) is 3.84. The molecule has 0 aromatic rings. The first kappa shape index (κ1) is 19.4. The van der Waals surface area contributed by atoms with Crippen molar-refractivity contribution >= 4 is 23.8 Å². The summed E-state index contributed by atoms with van der Waals surface area (Å²) >= 11 is 0. The van der Waals surface area contributed by atoms with E-state index in [1.807, 2.05) is 0 Å². The molecule has 1 saturated carbocycles. The lowest BCUT2D eigenvalue weighted by Crippen LogP contribution is -2.45. The molecule has 4 atom stereocenters. The zero-order valence-electron chi connectivity index (χ0n) is 15.3. The first-order valence-corrected chi connectivity index (χ1v) is 8.81. The summed E-state index contributed by atoms with van der Waals surface area (Å²) in [6.45, 7) is 6.27. The van der Waals surface area contributed by atoms with E-state index < -0.39 is 35.6 Å². The lowest BCUT2D eigenvalue weighted by molar-refractivity contribution is -0.174. The summed E-state index contributed by atoms with van der Waals surface area (Å²) in [6.07, 6.45) is 1.56. The van der Waals surface area contributed by atoms with Crippen molar-refractivity contribution in [2.24, 2.45) is 23.2 Å². The Hall–Kier alpha value is -1.92. The van der Waals surface area contributed by atoms with Crippen LogP contribution in [-0.4, -0.2) is 37.0 Å².